The number of carbonyl (C=O) groups is 1. The van der Waals surface area contributed by atoms with Crippen LogP contribution in [0.1, 0.15) is 25.3 Å². The minimum atomic E-state index is -0.333. The van der Waals surface area contributed by atoms with Gasteiger partial charge in [-0.25, -0.2) is 5.43 Å². The maximum Gasteiger partial charge on any atom is 0.277 e. The lowest BCUT2D eigenvalue weighted by Crippen LogP contribution is -2.24. The van der Waals surface area contributed by atoms with Crippen LogP contribution in [-0.4, -0.2) is 25.3 Å². The molecule has 0 spiro atoms. The molecule has 3 rings (SSSR count). The van der Waals surface area contributed by atoms with Crippen molar-refractivity contribution in [3.8, 4) is 11.5 Å². The zero-order chi connectivity index (χ0) is 20.5. The topological polar surface area (TPSA) is 59.9 Å². The molecule has 6 heteroatoms. The summed E-state index contributed by atoms with van der Waals surface area (Å²) >= 11 is 3.54. The van der Waals surface area contributed by atoms with Gasteiger partial charge in [-0.2, -0.15) is 5.10 Å². The molecular weight excluding hydrogens is 432 g/mol. The van der Waals surface area contributed by atoms with Gasteiger partial charge in [0, 0.05) is 0 Å². The van der Waals surface area contributed by atoms with E-state index in [-0.39, 0.29) is 12.5 Å². The van der Waals surface area contributed by atoms with Gasteiger partial charge in [0.15, 0.2) is 6.61 Å². The number of rotatable bonds is 9. The van der Waals surface area contributed by atoms with Crippen molar-refractivity contribution < 1.29 is 14.3 Å². The summed E-state index contributed by atoms with van der Waals surface area (Å²) in [4.78, 5) is 12.0. The number of hydrazone groups is 1. The van der Waals surface area contributed by atoms with Gasteiger partial charge in [-0.1, -0.05) is 43.7 Å². The molecule has 3 aromatic carbocycles. The fourth-order valence-electron chi connectivity index (χ4n) is 2.66. The SMILES string of the molecule is CCCCOc1ccc(/C=N\NC(=O)COc2ccc3ccccc3c2Br)cc1. The molecule has 5 nitrogen and oxygen atoms in total. The zero-order valence-corrected chi connectivity index (χ0v) is 17.8. The Hall–Kier alpha value is -2.86. The van der Waals surface area contributed by atoms with Crippen LogP contribution in [0.5, 0.6) is 11.5 Å². The molecule has 1 N–H and O–H groups in total. The molecule has 29 heavy (non-hydrogen) atoms. The van der Waals surface area contributed by atoms with E-state index in [9.17, 15) is 4.79 Å². The highest BCUT2D eigenvalue weighted by Crippen LogP contribution is 2.32. The van der Waals surface area contributed by atoms with E-state index in [0.717, 1.165) is 39.4 Å². The van der Waals surface area contributed by atoms with Gasteiger partial charge in [0.05, 0.1) is 17.3 Å². The Morgan fingerprint density at radius 3 is 2.66 bits per heavy atom. The van der Waals surface area contributed by atoms with E-state index in [2.05, 4.69) is 33.4 Å². The van der Waals surface area contributed by atoms with E-state index in [1.54, 1.807) is 6.21 Å². The Kier molecular flexibility index (Phi) is 7.64. The molecule has 0 radical (unpaired) electrons. The Morgan fingerprint density at radius 1 is 1.07 bits per heavy atom. The Balaban J connectivity index is 1.48. The third-order valence-corrected chi connectivity index (χ3v) is 5.05. The van der Waals surface area contributed by atoms with Gasteiger partial charge in [0.2, 0.25) is 0 Å². The van der Waals surface area contributed by atoms with Crippen molar-refractivity contribution in [2.45, 2.75) is 19.8 Å². The van der Waals surface area contributed by atoms with Crippen molar-refractivity contribution in [3.05, 3.63) is 70.7 Å². The highest BCUT2D eigenvalue weighted by atomic mass is 79.9. The molecule has 0 aliphatic carbocycles. The number of nitrogens with zero attached hydrogens (tertiary/aromatic N) is 1. The van der Waals surface area contributed by atoms with Crippen molar-refractivity contribution in [3.63, 3.8) is 0 Å². The molecule has 0 heterocycles. The lowest BCUT2D eigenvalue weighted by molar-refractivity contribution is -0.123. The molecule has 0 fully saturated rings. The van der Waals surface area contributed by atoms with Crippen LogP contribution in [0.15, 0.2) is 70.2 Å². The van der Waals surface area contributed by atoms with Gasteiger partial charge in [0.1, 0.15) is 11.5 Å². The zero-order valence-electron chi connectivity index (χ0n) is 16.2. The van der Waals surface area contributed by atoms with Gasteiger partial charge in [-0.3, -0.25) is 4.79 Å². The summed E-state index contributed by atoms with van der Waals surface area (Å²) in [5.41, 5.74) is 3.34. The average molecular weight is 455 g/mol. The van der Waals surface area contributed by atoms with E-state index < -0.39 is 0 Å². The second-order valence-electron chi connectivity index (χ2n) is 6.45. The molecule has 0 saturated carbocycles. The summed E-state index contributed by atoms with van der Waals surface area (Å²) in [5, 5.41) is 6.11. The fourth-order valence-corrected chi connectivity index (χ4v) is 3.27. The molecule has 0 bridgehead atoms. The minimum Gasteiger partial charge on any atom is -0.494 e. The molecule has 0 atom stereocenters. The van der Waals surface area contributed by atoms with E-state index in [0.29, 0.717) is 12.4 Å². The molecule has 0 aliphatic heterocycles. The summed E-state index contributed by atoms with van der Waals surface area (Å²) in [5.74, 6) is 1.11. The van der Waals surface area contributed by atoms with Crippen LogP contribution in [0, 0.1) is 0 Å². The number of carbonyl (C=O) groups excluding carboxylic acids is 1. The summed E-state index contributed by atoms with van der Waals surface area (Å²) in [6.45, 7) is 2.72. The highest BCUT2D eigenvalue weighted by Gasteiger charge is 2.08. The maximum absolute atomic E-state index is 12.0. The smallest absolute Gasteiger partial charge is 0.277 e. The van der Waals surface area contributed by atoms with Gasteiger partial charge < -0.3 is 9.47 Å². The van der Waals surface area contributed by atoms with E-state index in [4.69, 9.17) is 9.47 Å². The Bertz CT molecular complexity index is 987. The summed E-state index contributed by atoms with van der Waals surface area (Å²) < 4.78 is 12.1. The number of nitrogens with one attached hydrogen (secondary N) is 1. The lowest BCUT2D eigenvalue weighted by atomic mass is 10.1. The van der Waals surface area contributed by atoms with Crippen molar-refractivity contribution in [1.29, 1.82) is 0 Å². The minimum absolute atomic E-state index is 0.127. The number of amides is 1. The third-order valence-electron chi connectivity index (χ3n) is 4.24. The van der Waals surface area contributed by atoms with Gasteiger partial charge in [0.25, 0.3) is 5.91 Å². The Labute approximate surface area is 178 Å². The quantitative estimate of drug-likeness (QED) is 0.270. The number of unbranched alkanes of at least 4 members (excludes halogenated alkanes) is 1. The van der Waals surface area contributed by atoms with Crippen molar-refractivity contribution in [2.24, 2.45) is 5.10 Å². The predicted octanol–water partition coefficient (Wildman–Crippen LogP) is 5.31. The van der Waals surface area contributed by atoms with Crippen LogP contribution in [0.25, 0.3) is 10.8 Å². The summed E-state index contributed by atoms with van der Waals surface area (Å²) in [6.07, 6.45) is 3.72. The van der Waals surface area contributed by atoms with Crippen LogP contribution >= 0.6 is 15.9 Å². The lowest BCUT2D eigenvalue weighted by Gasteiger charge is -2.09. The second kappa shape index (κ2) is 10.6. The van der Waals surface area contributed by atoms with Crippen molar-refractivity contribution >= 4 is 38.8 Å². The number of halogens is 1. The van der Waals surface area contributed by atoms with Crippen LogP contribution in [0.3, 0.4) is 0 Å². The average Bonchev–Trinajstić information content (AvgIpc) is 2.75. The van der Waals surface area contributed by atoms with E-state index >= 15 is 0 Å². The van der Waals surface area contributed by atoms with E-state index in [1.165, 1.54) is 0 Å². The number of benzene rings is 3. The maximum atomic E-state index is 12.0. The van der Waals surface area contributed by atoms with Gasteiger partial charge in [-0.15, -0.1) is 0 Å². The molecule has 0 aliphatic rings. The normalized spacial score (nSPS) is 11.0. The van der Waals surface area contributed by atoms with Crippen LogP contribution < -0.4 is 14.9 Å². The summed E-state index contributed by atoms with van der Waals surface area (Å²) in [7, 11) is 0. The van der Waals surface area contributed by atoms with Crippen molar-refractivity contribution in [2.75, 3.05) is 13.2 Å². The molecule has 1 amide bonds. The number of hydrogen-bond acceptors (Lipinski definition) is 4. The first-order chi connectivity index (χ1) is 14.2. The molecular formula is C23H23BrN2O3. The van der Waals surface area contributed by atoms with Gasteiger partial charge in [-0.05, 0) is 69.0 Å². The fraction of sp³-hybridized carbons (Fsp3) is 0.217. The largest absolute Gasteiger partial charge is 0.494 e. The molecule has 0 unspecified atom stereocenters. The highest BCUT2D eigenvalue weighted by molar-refractivity contribution is 9.10. The first kappa shape index (κ1) is 20.9. The van der Waals surface area contributed by atoms with E-state index in [1.807, 2.05) is 60.7 Å². The predicted molar refractivity (Wildman–Crippen MR) is 120 cm³/mol. The first-order valence-electron chi connectivity index (χ1n) is 9.52. The van der Waals surface area contributed by atoms with Crippen LogP contribution in [0.4, 0.5) is 0 Å². The molecule has 3 aromatic rings. The van der Waals surface area contributed by atoms with Crippen molar-refractivity contribution in [1.82, 2.24) is 5.43 Å². The summed E-state index contributed by atoms with van der Waals surface area (Å²) in [6, 6.07) is 19.3. The van der Waals surface area contributed by atoms with Gasteiger partial charge >= 0.3 is 0 Å². The third kappa shape index (κ3) is 6.06. The van der Waals surface area contributed by atoms with Crippen LogP contribution in [0.2, 0.25) is 0 Å². The molecule has 0 saturated heterocycles. The standard InChI is InChI=1S/C23H23BrN2O3/c1-2-3-14-28-19-11-8-17(9-12-19)15-25-26-22(27)16-29-21-13-10-18-6-4-5-7-20(18)23(21)24/h4-13,15H,2-3,14,16H2,1H3,(H,26,27)/b25-15-. The second-order valence-corrected chi connectivity index (χ2v) is 7.24. The van der Waals surface area contributed by atoms with Crippen LogP contribution in [-0.2, 0) is 4.79 Å². The first-order valence-corrected chi connectivity index (χ1v) is 10.3. The Morgan fingerprint density at radius 2 is 1.86 bits per heavy atom. The number of fused-ring (bicyclic) bond motifs is 1. The number of hydrogen-bond donors (Lipinski definition) is 1. The monoisotopic (exact) mass is 454 g/mol. The molecule has 0 aromatic heterocycles. The number of ether oxygens (including phenoxy) is 2. The molecule has 150 valence electrons.